The third-order valence-corrected chi connectivity index (χ3v) is 1.92. The number of anilines is 2. The summed E-state index contributed by atoms with van der Waals surface area (Å²) in [5, 5.41) is 9.94. The van der Waals surface area contributed by atoms with Crippen molar-refractivity contribution in [2.24, 2.45) is 0 Å². The van der Waals surface area contributed by atoms with E-state index in [0.29, 0.717) is 16.7 Å². The highest BCUT2D eigenvalue weighted by atomic mass is 35.5. The first-order valence-electron chi connectivity index (χ1n) is 3.70. The lowest BCUT2D eigenvalue weighted by Crippen LogP contribution is -1.96. The van der Waals surface area contributed by atoms with Crippen molar-refractivity contribution in [2.45, 2.75) is 0 Å². The third-order valence-electron chi connectivity index (χ3n) is 1.46. The number of hydrogen-bond donors (Lipinski definition) is 2. The van der Waals surface area contributed by atoms with Crippen molar-refractivity contribution in [3.05, 3.63) is 28.8 Å². The second kappa shape index (κ2) is 3.81. The van der Waals surface area contributed by atoms with Gasteiger partial charge in [-0.25, -0.2) is 4.98 Å². The monoisotopic (exact) mass is 229 g/mol. The number of nitrogens with zero attached hydrogens (tertiary/aromatic N) is 3. The highest BCUT2D eigenvalue weighted by Gasteiger charge is 2.04. The maximum absolute atomic E-state index is 5.83. The van der Waals surface area contributed by atoms with E-state index in [1.807, 2.05) is 0 Å². The molecule has 0 atom stereocenters. The van der Waals surface area contributed by atoms with Gasteiger partial charge in [0.2, 0.25) is 5.28 Å². The van der Waals surface area contributed by atoms with Gasteiger partial charge in [0.05, 0.1) is 6.20 Å². The van der Waals surface area contributed by atoms with Crippen LogP contribution in [0.25, 0.3) is 0 Å². The smallest absolute Gasteiger partial charge is 0.224 e. The van der Waals surface area contributed by atoms with Gasteiger partial charge in [0.1, 0.15) is 5.02 Å². The van der Waals surface area contributed by atoms with Crippen LogP contribution in [-0.2, 0) is 0 Å². The molecule has 0 unspecified atom stereocenters. The minimum atomic E-state index is 0.132. The molecule has 7 heteroatoms. The number of aromatic amines is 1. The van der Waals surface area contributed by atoms with Crippen LogP contribution >= 0.6 is 23.2 Å². The zero-order valence-electron chi connectivity index (χ0n) is 6.83. The third kappa shape index (κ3) is 1.94. The Bertz CT molecular complexity index is 428. The molecule has 0 aliphatic heterocycles. The lowest BCUT2D eigenvalue weighted by Gasteiger charge is -2.03. The molecule has 5 nitrogen and oxygen atoms in total. The molecule has 0 aromatic carbocycles. The Hall–Kier alpha value is -1.33. The van der Waals surface area contributed by atoms with Gasteiger partial charge < -0.3 is 5.32 Å². The highest BCUT2D eigenvalue weighted by Crippen LogP contribution is 2.22. The second-order valence-electron chi connectivity index (χ2n) is 2.42. The molecule has 0 saturated carbocycles. The van der Waals surface area contributed by atoms with Crippen molar-refractivity contribution >= 4 is 34.8 Å². The van der Waals surface area contributed by atoms with E-state index in [1.54, 1.807) is 12.3 Å². The topological polar surface area (TPSA) is 66.5 Å². The molecule has 0 radical (unpaired) electrons. The van der Waals surface area contributed by atoms with E-state index in [1.165, 1.54) is 6.20 Å². The van der Waals surface area contributed by atoms with Crippen molar-refractivity contribution < 1.29 is 0 Å². The summed E-state index contributed by atoms with van der Waals surface area (Å²) in [6.45, 7) is 0. The molecule has 2 heterocycles. The summed E-state index contributed by atoms with van der Waals surface area (Å²) in [5.74, 6) is 1.04. The predicted octanol–water partition coefficient (Wildman–Crippen LogP) is 2.25. The van der Waals surface area contributed by atoms with E-state index in [9.17, 15) is 0 Å². The van der Waals surface area contributed by atoms with Crippen molar-refractivity contribution in [1.82, 2.24) is 20.2 Å². The molecule has 0 bridgehead atoms. The first kappa shape index (κ1) is 9.23. The van der Waals surface area contributed by atoms with Crippen LogP contribution in [0, 0.1) is 0 Å². The summed E-state index contributed by atoms with van der Waals surface area (Å²) in [6.07, 6.45) is 3.10. The predicted molar refractivity (Wildman–Crippen MR) is 53.9 cm³/mol. The molecule has 2 aromatic heterocycles. The Labute approximate surface area is 89.5 Å². The van der Waals surface area contributed by atoms with E-state index in [4.69, 9.17) is 23.2 Å². The molecule has 2 rings (SSSR count). The van der Waals surface area contributed by atoms with Gasteiger partial charge >= 0.3 is 0 Å². The molecule has 0 saturated heterocycles. The molecule has 0 spiro atoms. The van der Waals surface area contributed by atoms with Crippen LogP contribution in [0.5, 0.6) is 0 Å². The van der Waals surface area contributed by atoms with Crippen LogP contribution in [0.1, 0.15) is 0 Å². The van der Waals surface area contributed by atoms with Crippen molar-refractivity contribution in [3.63, 3.8) is 0 Å². The van der Waals surface area contributed by atoms with E-state index >= 15 is 0 Å². The Kier molecular flexibility index (Phi) is 2.51. The Morgan fingerprint density at radius 2 is 2.21 bits per heavy atom. The average molecular weight is 230 g/mol. The van der Waals surface area contributed by atoms with Gasteiger partial charge in [-0.15, -0.1) is 0 Å². The number of halogens is 2. The second-order valence-corrected chi connectivity index (χ2v) is 3.17. The molecule has 2 N–H and O–H groups in total. The molecular formula is C7H5Cl2N5. The van der Waals surface area contributed by atoms with Crippen LogP contribution in [0.15, 0.2) is 18.5 Å². The van der Waals surface area contributed by atoms with Crippen LogP contribution in [0.4, 0.5) is 11.6 Å². The number of H-pyrrole nitrogens is 1. The zero-order chi connectivity index (χ0) is 9.97. The molecule has 0 aliphatic rings. The normalized spacial score (nSPS) is 10.1. The van der Waals surface area contributed by atoms with Gasteiger partial charge in [0.25, 0.3) is 0 Å². The Morgan fingerprint density at radius 3 is 2.93 bits per heavy atom. The molecule has 0 fully saturated rings. The number of hydrogen-bond acceptors (Lipinski definition) is 4. The first-order chi connectivity index (χ1) is 6.75. The van der Waals surface area contributed by atoms with Crippen molar-refractivity contribution in [3.8, 4) is 0 Å². The summed E-state index contributed by atoms with van der Waals surface area (Å²) in [4.78, 5) is 7.63. The minimum absolute atomic E-state index is 0.132. The fraction of sp³-hybridized carbons (Fsp3) is 0. The molecule has 0 aliphatic carbocycles. The zero-order valence-corrected chi connectivity index (χ0v) is 8.34. The Balaban J connectivity index is 2.28. The van der Waals surface area contributed by atoms with Gasteiger partial charge in [-0.1, -0.05) is 11.6 Å². The summed E-state index contributed by atoms with van der Waals surface area (Å²) >= 11 is 11.4. The summed E-state index contributed by atoms with van der Waals surface area (Å²) in [7, 11) is 0. The summed E-state index contributed by atoms with van der Waals surface area (Å²) < 4.78 is 0. The van der Waals surface area contributed by atoms with Gasteiger partial charge in [0.15, 0.2) is 11.6 Å². The average Bonchev–Trinajstić information content (AvgIpc) is 2.64. The van der Waals surface area contributed by atoms with Gasteiger partial charge in [-0.05, 0) is 11.6 Å². The fourth-order valence-electron chi connectivity index (χ4n) is 0.884. The maximum atomic E-state index is 5.83. The molecule has 0 amide bonds. The highest BCUT2D eigenvalue weighted by molar-refractivity contribution is 6.33. The number of nitrogens with one attached hydrogen (secondary N) is 2. The van der Waals surface area contributed by atoms with Crippen LogP contribution in [0.2, 0.25) is 10.3 Å². The van der Waals surface area contributed by atoms with Crippen LogP contribution in [-0.4, -0.2) is 20.2 Å². The maximum Gasteiger partial charge on any atom is 0.224 e. The van der Waals surface area contributed by atoms with Gasteiger partial charge in [-0.2, -0.15) is 10.1 Å². The van der Waals surface area contributed by atoms with E-state index in [0.717, 1.165) is 0 Å². The largest absolute Gasteiger partial charge is 0.322 e. The lowest BCUT2D eigenvalue weighted by atomic mass is 10.5. The molecule has 2 aromatic rings. The molecular weight excluding hydrogens is 225 g/mol. The quantitative estimate of drug-likeness (QED) is 0.776. The number of rotatable bonds is 2. The fourth-order valence-corrected chi connectivity index (χ4v) is 1.16. The van der Waals surface area contributed by atoms with Crippen molar-refractivity contribution in [2.75, 3.05) is 5.32 Å². The molecule has 14 heavy (non-hydrogen) atoms. The van der Waals surface area contributed by atoms with Crippen LogP contribution < -0.4 is 5.32 Å². The van der Waals surface area contributed by atoms with Gasteiger partial charge in [-0.3, -0.25) is 5.10 Å². The summed E-state index contributed by atoms with van der Waals surface area (Å²) in [5.41, 5.74) is 0. The molecule has 72 valence electrons. The van der Waals surface area contributed by atoms with E-state index in [2.05, 4.69) is 25.5 Å². The van der Waals surface area contributed by atoms with Crippen LogP contribution in [0.3, 0.4) is 0 Å². The standard InChI is InChI=1S/C7H5Cl2N5/c8-4-3-10-7(9)13-6(4)12-5-1-2-11-14-5/h1-3H,(H2,10,11,12,13,14). The summed E-state index contributed by atoms with van der Waals surface area (Å²) in [6, 6.07) is 1.74. The van der Waals surface area contributed by atoms with E-state index in [-0.39, 0.29) is 5.28 Å². The Morgan fingerprint density at radius 1 is 1.36 bits per heavy atom. The minimum Gasteiger partial charge on any atom is -0.322 e. The number of aromatic nitrogens is 4. The van der Waals surface area contributed by atoms with E-state index < -0.39 is 0 Å². The lowest BCUT2D eigenvalue weighted by molar-refractivity contribution is 1.08. The van der Waals surface area contributed by atoms with Gasteiger partial charge in [0, 0.05) is 12.3 Å². The SMILES string of the molecule is Clc1ncc(Cl)c(Nc2cc[nH]n2)n1. The first-order valence-corrected chi connectivity index (χ1v) is 4.46. The van der Waals surface area contributed by atoms with Crippen molar-refractivity contribution in [1.29, 1.82) is 0 Å².